The molecule has 1 aromatic heterocycles. The second kappa shape index (κ2) is 5.95. The van der Waals surface area contributed by atoms with E-state index in [1.54, 1.807) is 18.4 Å². The van der Waals surface area contributed by atoms with Gasteiger partial charge in [0.05, 0.1) is 5.69 Å². The number of piperazine rings is 1. The topological polar surface area (TPSA) is 41.3 Å². The van der Waals surface area contributed by atoms with E-state index in [0.717, 1.165) is 30.9 Å². The molecule has 2 heterocycles. The molecule has 0 spiro atoms. The monoisotopic (exact) mass is 289 g/mol. The van der Waals surface area contributed by atoms with Crippen LogP contribution in [0.5, 0.6) is 0 Å². The smallest absolute Gasteiger partial charge is 0.226 e. The van der Waals surface area contributed by atoms with Gasteiger partial charge in [0.25, 0.3) is 0 Å². The summed E-state index contributed by atoms with van der Waals surface area (Å²) >= 11 is 0. The number of nitrogens with one attached hydrogen (secondary N) is 1. The summed E-state index contributed by atoms with van der Waals surface area (Å²) < 4.78 is 18.5. The fourth-order valence-corrected chi connectivity index (χ4v) is 2.63. The Morgan fingerprint density at radius 3 is 2.86 bits per heavy atom. The average molecular weight is 289 g/mol. The fraction of sp³-hybridized carbons (Fsp3) is 0.438. The molecule has 1 saturated heterocycles. The highest BCUT2D eigenvalue weighted by molar-refractivity contribution is 5.52. The van der Waals surface area contributed by atoms with Crippen molar-refractivity contribution in [3.05, 3.63) is 42.0 Å². The summed E-state index contributed by atoms with van der Waals surface area (Å²) in [6.07, 6.45) is 1.69. The predicted molar refractivity (Wildman–Crippen MR) is 79.2 cm³/mol. The van der Waals surface area contributed by atoms with Gasteiger partial charge in [-0.2, -0.15) is 0 Å². The van der Waals surface area contributed by atoms with Crippen LogP contribution in [0.3, 0.4) is 0 Å². The van der Waals surface area contributed by atoms with Crippen molar-refractivity contribution in [2.45, 2.75) is 32.5 Å². The van der Waals surface area contributed by atoms with E-state index in [1.165, 1.54) is 12.1 Å². The van der Waals surface area contributed by atoms with Crippen molar-refractivity contribution < 1.29 is 8.81 Å². The minimum absolute atomic E-state index is 0.255. The van der Waals surface area contributed by atoms with Crippen molar-refractivity contribution in [1.82, 2.24) is 15.2 Å². The third kappa shape index (κ3) is 3.31. The van der Waals surface area contributed by atoms with Crippen LogP contribution in [0.4, 0.5) is 4.39 Å². The molecule has 5 heteroatoms. The molecule has 112 valence electrons. The van der Waals surface area contributed by atoms with Gasteiger partial charge in [0.1, 0.15) is 12.1 Å². The van der Waals surface area contributed by atoms with Crippen LogP contribution >= 0.6 is 0 Å². The molecular weight excluding hydrogens is 269 g/mol. The Hall–Kier alpha value is -1.72. The van der Waals surface area contributed by atoms with E-state index in [4.69, 9.17) is 4.42 Å². The number of benzene rings is 1. The SMILES string of the molecule is CC1CN(Cc2coc(-c3ccc(F)cc3)n2)C(C)CN1. The average Bonchev–Trinajstić information content (AvgIpc) is 2.92. The predicted octanol–water partition coefficient (Wildman–Crippen LogP) is 2.66. The lowest BCUT2D eigenvalue weighted by atomic mass is 10.1. The van der Waals surface area contributed by atoms with Crippen LogP contribution in [0.25, 0.3) is 11.5 Å². The van der Waals surface area contributed by atoms with E-state index in [9.17, 15) is 4.39 Å². The Kier molecular flexibility index (Phi) is 4.03. The molecule has 2 aromatic rings. The molecule has 0 aliphatic carbocycles. The molecule has 1 fully saturated rings. The fourth-order valence-electron chi connectivity index (χ4n) is 2.63. The third-order valence-electron chi connectivity index (χ3n) is 3.90. The maximum absolute atomic E-state index is 12.9. The van der Waals surface area contributed by atoms with E-state index in [1.807, 2.05) is 0 Å². The van der Waals surface area contributed by atoms with Crippen LogP contribution in [0.1, 0.15) is 19.5 Å². The summed E-state index contributed by atoms with van der Waals surface area (Å²) in [5.74, 6) is 0.287. The van der Waals surface area contributed by atoms with Crippen molar-refractivity contribution >= 4 is 0 Å². The minimum atomic E-state index is -0.255. The van der Waals surface area contributed by atoms with Gasteiger partial charge in [-0.05, 0) is 38.1 Å². The lowest BCUT2D eigenvalue weighted by molar-refractivity contribution is 0.137. The maximum atomic E-state index is 12.9. The highest BCUT2D eigenvalue weighted by Crippen LogP contribution is 2.20. The van der Waals surface area contributed by atoms with Crippen LogP contribution in [-0.2, 0) is 6.54 Å². The quantitative estimate of drug-likeness (QED) is 0.943. The summed E-state index contributed by atoms with van der Waals surface area (Å²) in [5.41, 5.74) is 1.71. The highest BCUT2D eigenvalue weighted by Gasteiger charge is 2.23. The molecule has 0 radical (unpaired) electrons. The van der Waals surface area contributed by atoms with Crippen molar-refractivity contribution in [1.29, 1.82) is 0 Å². The largest absolute Gasteiger partial charge is 0.444 e. The van der Waals surface area contributed by atoms with Crippen LogP contribution in [0.15, 0.2) is 34.9 Å². The lowest BCUT2D eigenvalue weighted by Gasteiger charge is -2.36. The van der Waals surface area contributed by atoms with Crippen molar-refractivity contribution in [3.63, 3.8) is 0 Å². The molecule has 1 aliphatic heterocycles. The van der Waals surface area contributed by atoms with Gasteiger partial charge in [-0.1, -0.05) is 0 Å². The molecule has 0 bridgehead atoms. The molecule has 0 saturated carbocycles. The van der Waals surface area contributed by atoms with Gasteiger partial charge in [0, 0.05) is 37.3 Å². The maximum Gasteiger partial charge on any atom is 0.226 e. The number of aromatic nitrogens is 1. The molecule has 2 unspecified atom stereocenters. The van der Waals surface area contributed by atoms with E-state index < -0.39 is 0 Å². The Morgan fingerprint density at radius 2 is 2.10 bits per heavy atom. The molecule has 0 amide bonds. The Labute approximate surface area is 124 Å². The zero-order valence-electron chi connectivity index (χ0n) is 12.3. The van der Waals surface area contributed by atoms with Crippen molar-refractivity contribution in [3.8, 4) is 11.5 Å². The molecule has 3 rings (SSSR count). The lowest BCUT2D eigenvalue weighted by Crippen LogP contribution is -2.53. The Balaban J connectivity index is 1.71. The summed E-state index contributed by atoms with van der Waals surface area (Å²) in [5, 5.41) is 3.46. The normalized spacial score (nSPS) is 23.4. The van der Waals surface area contributed by atoms with Crippen molar-refractivity contribution in [2.75, 3.05) is 13.1 Å². The summed E-state index contributed by atoms with van der Waals surface area (Å²) in [6.45, 7) is 7.16. The number of rotatable bonds is 3. The van der Waals surface area contributed by atoms with Gasteiger partial charge in [0.15, 0.2) is 0 Å². The first-order chi connectivity index (χ1) is 10.1. The van der Waals surface area contributed by atoms with Gasteiger partial charge >= 0.3 is 0 Å². The number of oxazole rings is 1. The summed E-state index contributed by atoms with van der Waals surface area (Å²) in [4.78, 5) is 6.91. The van der Waals surface area contributed by atoms with Gasteiger partial charge in [-0.15, -0.1) is 0 Å². The van der Waals surface area contributed by atoms with Crippen molar-refractivity contribution in [2.24, 2.45) is 0 Å². The second-order valence-corrected chi connectivity index (χ2v) is 5.74. The van der Waals surface area contributed by atoms with E-state index in [0.29, 0.717) is 18.0 Å². The van der Waals surface area contributed by atoms with Crippen LogP contribution in [-0.4, -0.2) is 35.1 Å². The number of hydrogen-bond donors (Lipinski definition) is 1. The summed E-state index contributed by atoms with van der Waals surface area (Å²) in [7, 11) is 0. The number of hydrogen-bond acceptors (Lipinski definition) is 4. The van der Waals surface area contributed by atoms with Gasteiger partial charge in [-0.3, -0.25) is 4.90 Å². The molecule has 4 nitrogen and oxygen atoms in total. The first-order valence-corrected chi connectivity index (χ1v) is 7.29. The second-order valence-electron chi connectivity index (χ2n) is 5.74. The first-order valence-electron chi connectivity index (χ1n) is 7.29. The summed E-state index contributed by atoms with van der Waals surface area (Å²) in [6, 6.07) is 7.16. The van der Waals surface area contributed by atoms with E-state index in [2.05, 4.69) is 29.0 Å². The zero-order valence-corrected chi connectivity index (χ0v) is 12.3. The standard InChI is InChI=1S/C16H20FN3O/c1-11-8-20(12(2)7-18-11)9-15-10-21-16(19-15)13-3-5-14(17)6-4-13/h3-6,10-12,18H,7-9H2,1-2H3. The molecule has 2 atom stereocenters. The van der Waals surface area contributed by atoms with Gasteiger partial charge < -0.3 is 9.73 Å². The van der Waals surface area contributed by atoms with Crippen LogP contribution in [0, 0.1) is 5.82 Å². The Morgan fingerprint density at radius 1 is 1.33 bits per heavy atom. The van der Waals surface area contributed by atoms with Gasteiger partial charge in [0.2, 0.25) is 5.89 Å². The molecule has 1 N–H and O–H groups in total. The molecular formula is C16H20FN3O. The van der Waals surface area contributed by atoms with E-state index >= 15 is 0 Å². The third-order valence-corrected chi connectivity index (χ3v) is 3.90. The van der Waals surface area contributed by atoms with Crippen LogP contribution in [0.2, 0.25) is 0 Å². The Bertz CT molecular complexity index is 596. The molecule has 1 aliphatic rings. The molecule has 1 aromatic carbocycles. The number of halogens is 1. The first kappa shape index (κ1) is 14.2. The zero-order chi connectivity index (χ0) is 14.8. The highest BCUT2D eigenvalue weighted by atomic mass is 19.1. The van der Waals surface area contributed by atoms with Crippen LogP contribution < -0.4 is 5.32 Å². The van der Waals surface area contributed by atoms with E-state index in [-0.39, 0.29) is 5.82 Å². The number of nitrogens with zero attached hydrogens (tertiary/aromatic N) is 2. The van der Waals surface area contributed by atoms with Gasteiger partial charge in [-0.25, -0.2) is 9.37 Å². The minimum Gasteiger partial charge on any atom is -0.444 e. The molecule has 21 heavy (non-hydrogen) atoms.